The maximum absolute atomic E-state index is 11.9. The Kier molecular flexibility index (Phi) is 8.48. The first-order chi connectivity index (χ1) is 15.5. The highest BCUT2D eigenvalue weighted by atomic mass is 35.5. The van der Waals surface area contributed by atoms with Gasteiger partial charge >= 0.3 is 0 Å². The molecule has 32 heavy (non-hydrogen) atoms. The number of amides is 2. The van der Waals surface area contributed by atoms with Crippen LogP contribution in [0.2, 0.25) is 10.0 Å². The molecule has 9 heteroatoms. The third-order valence-electron chi connectivity index (χ3n) is 3.96. The Bertz CT molecular complexity index is 1090. The van der Waals surface area contributed by atoms with Crippen molar-refractivity contribution in [1.29, 1.82) is 0 Å². The van der Waals surface area contributed by atoms with Crippen molar-refractivity contribution >= 4 is 46.9 Å². The molecule has 3 aromatic rings. The lowest BCUT2D eigenvalue weighted by Gasteiger charge is -2.08. The highest BCUT2D eigenvalue weighted by molar-refractivity contribution is 6.35. The quantitative estimate of drug-likeness (QED) is 0.354. The van der Waals surface area contributed by atoms with Gasteiger partial charge in [-0.15, -0.1) is 0 Å². The van der Waals surface area contributed by atoms with Crippen molar-refractivity contribution in [1.82, 2.24) is 5.43 Å². The predicted octanol–water partition coefficient (Wildman–Crippen LogP) is 4.54. The van der Waals surface area contributed by atoms with Crippen molar-refractivity contribution in [2.75, 3.05) is 18.5 Å². The van der Waals surface area contributed by atoms with Crippen molar-refractivity contribution < 1.29 is 19.1 Å². The van der Waals surface area contributed by atoms with Crippen LogP contribution in [0.25, 0.3) is 0 Å². The molecule has 2 amide bonds. The maximum Gasteiger partial charge on any atom is 0.277 e. The number of carbonyl (C=O) groups is 2. The second kappa shape index (κ2) is 11.7. The number of hydrogen-bond donors (Lipinski definition) is 2. The van der Waals surface area contributed by atoms with Crippen LogP contribution < -0.4 is 20.2 Å². The Labute approximate surface area is 194 Å². The van der Waals surface area contributed by atoms with Crippen LogP contribution in [-0.4, -0.2) is 31.2 Å². The highest BCUT2D eigenvalue weighted by Gasteiger charge is 2.06. The van der Waals surface area contributed by atoms with Crippen molar-refractivity contribution in [2.45, 2.75) is 0 Å². The summed E-state index contributed by atoms with van der Waals surface area (Å²) in [6, 6.07) is 20.7. The number of halogens is 2. The van der Waals surface area contributed by atoms with Gasteiger partial charge in [-0.2, -0.15) is 5.10 Å². The zero-order valence-electron chi connectivity index (χ0n) is 16.8. The molecule has 0 radical (unpaired) electrons. The van der Waals surface area contributed by atoms with Crippen LogP contribution >= 0.6 is 23.2 Å². The number of anilines is 1. The summed E-state index contributed by atoms with van der Waals surface area (Å²) in [6.45, 7) is -0.369. The van der Waals surface area contributed by atoms with Gasteiger partial charge in [0.1, 0.15) is 11.5 Å². The van der Waals surface area contributed by atoms with E-state index in [2.05, 4.69) is 15.8 Å². The number of nitrogens with zero attached hydrogens (tertiary/aromatic N) is 1. The van der Waals surface area contributed by atoms with Gasteiger partial charge in [-0.25, -0.2) is 5.43 Å². The molecule has 0 saturated carbocycles. The molecule has 0 fully saturated rings. The minimum atomic E-state index is -0.448. The Morgan fingerprint density at radius 3 is 2.31 bits per heavy atom. The van der Waals surface area contributed by atoms with Gasteiger partial charge in [0.15, 0.2) is 13.2 Å². The largest absolute Gasteiger partial charge is 0.484 e. The lowest BCUT2D eigenvalue weighted by Crippen LogP contribution is -2.24. The molecule has 0 bridgehead atoms. The van der Waals surface area contributed by atoms with Crippen LogP contribution in [-0.2, 0) is 9.59 Å². The third-order valence-corrected chi connectivity index (χ3v) is 4.49. The molecule has 0 aliphatic heterocycles. The minimum Gasteiger partial charge on any atom is -0.484 e. The van der Waals surface area contributed by atoms with E-state index in [1.165, 1.54) is 12.3 Å². The maximum atomic E-state index is 11.9. The van der Waals surface area contributed by atoms with Gasteiger partial charge in [0.05, 0.1) is 11.2 Å². The van der Waals surface area contributed by atoms with E-state index in [0.29, 0.717) is 27.2 Å². The number of ether oxygens (including phenoxy) is 2. The first-order valence-corrected chi connectivity index (χ1v) is 10.2. The van der Waals surface area contributed by atoms with E-state index in [-0.39, 0.29) is 19.1 Å². The van der Waals surface area contributed by atoms with Crippen LogP contribution in [0.3, 0.4) is 0 Å². The smallest absolute Gasteiger partial charge is 0.277 e. The zero-order valence-corrected chi connectivity index (χ0v) is 18.3. The molecule has 0 spiro atoms. The third kappa shape index (κ3) is 7.61. The Balaban J connectivity index is 1.39. The standard InChI is InChI=1S/C23H19Cl2N3O4/c24-17-8-11-21(20(25)12-17)32-15-23(30)28-26-13-16-6-9-19(10-7-16)31-14-22(29)27-18-4-2-1-3-5-18/h1-13H,14-15H2,(H,27,29)(H,28,30)/b26-13+. The van der Waals surface area contributed by atoms with Crippen molar-refractivity contribution in [3.05, 3.63) is 88.4 Å². The molecule has 0 heterocycles. The molecule has 0 saturated heterocycles. The molecule has 7 nitrogen and oxygen atoms in total. The molecule has 0 unspecified atom stereocenters. The molecule has 0 aliphatic carbocycles. The van der Waals surface area contributed by atoms with Crippen molar-refractivity contribution in [3.8, 4) is 11.5 Å². The SMILES string of the molecule is O=C(COc1ccc(Cl)cc1Cl)N/N=C/c1ccc(OCC(=O)Nc2ccccc2)cc1. The molecule has 0 aromatic heterocycles. The van der Waals surface area contributed by atoms with E-state index >= 15 is 0 Å². The molecule has 164 valence electrons. The van der Waals surface area contributed by atoms with Crippen LogP contribution in [0, 0.1) is 0 Å². The van der Waals surface area contributed by atoms with E-state index in [1.807, 2.05) is 18.2 Å². The normalized spacial score (nSPS) is 10.6. The van der Waals surface area contributed by atoms with Crippen molar-refractivity contribution in [3.63, 3.8) is 0 Å². The van der Waals surface area contributed by atoms with Crippen molar-refractivity contribution in [2.24, 2.45) is 5.10 Å². The molecule has 3 aromatic carbocycles. The van der Waals surface area contributed by atoms with Crippen LogP contribution in [0.1, 0.15) is 5.56 Å². The van der Waals surface area contributed by atoms with Gasteiger partial charge in [0.25, 0.3) is 11.8 Å². The summed E-state index contributed by atoms with van der Waals surface area (Å²) in [6.07, 6.45) is 1.47. The summed E-state index contributed by atoms with van der Waals surface area (Å²) in [7, 11) is 0. The summed E-state index contributed by atoms with van der Waals surface area (Å²) in [5.74, 6) is 0.175. The van der Waals surface area contributed by atoms with Gasteiger partial charge < -0.3 is 14.8 Å². The summed E-state index contributed by atoms with van der Waals surface area (Å²) in [4.78, 5) is 23.8. The minimum absolute atomic E-state index is 0.115. The molecule has 3 rings (SSSR count). The molecule has 0 atom stereocenters. The number of benzene rings is 3. The Morgan fingerprint density at radius 1 is 0.875 bits per heavy atom. The number of para-hydroxylation sites is 1. The predicted molar refractivity (Wildman–Crippen MR) is 125 cm³/mol. The molecule has 2 N–H and O–H groups in total. The van der Waals surface area contributed by atoms with Gasteiger partial charge in [-0.05, 0) is 60.2 Å². The molecular formula is C23H19Cl2N3O4. The monoisotopic (exact) mass is 471 g/mol. The topological polar surface area (TPSA) is 89.0 Å². The highest BCUT2D eigenvalue weighted by Crippen LogP contribution is 2.27. The summed E-state index contributed by atoms with van der Waals surface area (Å²) in [5.41, 5.74) is 3.80. The van der Waals surface area contributed by atoms with Crippen LogP contribution in [0.5, 0.6) is 11.5 Å². The fourth-order valence-electron chi connectivity index (χ4n) is 2.46. The van der Waals surface area contributed by atoms with E-state index < -0.39 is 5.91 Å². The molecule has 0 aliphatic rings. The van der Waals surface area contributed by atoms with E-state index in [0.717, 1.165) is 5.56 Å². The first kappa shape index (κ1) is 23.1. The summed E-state index contributed by atoms with van der Waals surface area (Å²) in [5, 5.41) is 7.41. The number of carbonyl (C=O) groups excluding carboxylic acids is 2. The number of rotatable bonds is 9. The average Bonchev–Trinajstić information content (AvgIpc) is 2.79. The number of nitrogens with one attached hydrogen (secondary N) is 2. The van der Waals surface area contributed by atoms with Gasteiger partial charge in [-0.3, -0.25) is 9.59 Å². The van der Waals surface area contributed by atoms with E-state index in [4.69, 9.17) is 32.7 Å². The fraction of sp³-hybridized carbons (Fsp3) is 0.0870. The second-order valence-corrected chi connectivity index (χ2v) is 7.27. The number of hydrazone groups is 1. The lowest BCUT2D eigenvalue weighted by molar-refractivity contribution is -0.123. The van der Waals surface area contributed by atoms with Crippen LogP contribution in [0.4, 0.5) is 5.69 Å². The lowest BCUT2D eigenvalue weighted by atomic mass is 10.2. The van der Waals surface area contributed by atoms with Gasteiger partial charge in [0, 0.05) is 10.7 Å². The van der Waals surface area contributed by atoms with Gasteiger partial charge in [0.2, 0.25) is 0 Å². The zero-order chi connectivity index (χ0) is 22.8. The average molecular weight is 472 g/mol. The van der Waals surface area contributed by atoms with E-state index in [1.54, 1.807) is 48.5 Å². The van der Waals surface area contributed by atoms with E-state index in [9.17, 15) is 9.59 Å². The van der Waals surface area contributed by atoms with Gasteiger partial charge in [-0.1, -0.05) is 41.4 Å². The Hall–Kier alpha value is -3.55. The second-order valence-electron chi connectivity index (χ2n) is 6.43. The molecular weight excluding hydrogens is 453 g/mol. The first-order valence-electron chi connectivity index (χ1n) is 9.47. The fourth-order valence-corrected chi connectivity index (χ4v) is 2.93. The summed E-state index contributed by atoms with van der Waals surface area (Å²) >= 11 is 11.8. The Morgan fingerprint density at radius 2 is 1.59 bits per heavy atom. The summed E-state index contributed by atoms with van der Waals surface area (Å²) < 4.78 is 10.8. The number of hydrogen-bond acceptors (Lipinski definition) is 5. The van der Waals surface area contributed by atoms with Crippen LogP contribution in [0.15, 0.2) is 77.9 Å².